The van der Waals surface area contributed by atoms with E-state index in [0.717, 1.165) is 0 Å². The fourth-order valence-corrected chi connectivity index (χ4v) is 3.16. The summed E-state index contributed by atoms with van der Waals surface area (Å²) < 4.78 is 10.7. The summed E-state index contributed by atoms with van der Waals surface area (Å²) in [5.74, 6) is -2.11. The average Bonchev–Trinajstić information content (AvgIpc) is 2.63. The van der Waals surface area contributed by atoms with E-state index >= 15 is 0 Å². The first kappa shape index (κ1) is 17.9. The van der Waals surface area contributed by atoms with Crippen LogP contribution in [0.4, 0.5) is 0 Å². The average molecular weight is 352 g/mol. The molecule has 1 aliphatic carbocycles. The Balaban J connectivity index is 1.79. The second-order valence-electron chi connectivity index (χ2n) is 6.34. The molecule has 5 nitrogen and oxygen atoms in total. The molecule has 1 fully saturated rings. The minimum Gasteiger partial charge on any atom is -0.426 e. The molecule has 0 spiro atoms. The molecule has 134 valence electrons. The maximum absolute atomic E-state index is 12.7. The van der Waals surface area contributed by atoms with Crippen molar-refractivity contribution in [1.82, 2.24) is 0 Å². The first-order valence-corrected chi connectivity index (χ1v) is 8.68. The molecule has 0 N–H and O–H groups in total. The molecule has 0 bridgehead atoms. The minimum absolute atomic E-state index is 0.0614. The molecule has 1 aliphatic rings. The van der Waals surface area contributed by atoms with Gasteiger partial charge in [-0.3, -0.25) is 14.4 Å². The van der Waals surface area contributed by atoms with Gasteiger partial charge in [0.05, 0.1) is 0 Å². The van der Waals surface area contributed by atoms with E-state index in [-0.39, 0.29) is 12.2 Å². The summed E-state index contributed by atoms with van der Waals surface area (Å²) >= 11 is 0. The summed E-state index contributed by atoms with van der Waals surface area (Å²) in [4.78, 5) is 37.3. The van der Waals surface area contributed by atoms with Gasteiger partial charge in [0, 0.05) is 12.8 Å². The Morgan fingerprint density at radius 3 is 1.81 bits per heavy atom. The van der Waals surface area contributed by atoms with Gasteiger partial charge >= 0.3 is 11.9 Å². The SMILES string of the molecule is O=C1CCC[C@H](C(C(=O)Oc2ccccc2)C(=O)Oc2ccccc2)C1. The normalized spacial score (nSPS) is 17.0. The number of hydrogen-bond acceptors (Lipinski definition) is 5. The van der Waals surface area contributed by atoms with Gasteiger partial charge in [-0.15, -0.1) is 0 Å². The Morgan fingerprint density at radius 2 is 1.35 bits per heavy atom. The Morgan fingerprint density at radius 1 is 0.846 bits per heavy atom. The maximum Gasteiger partial charge on any atom is 0.326 e. The number of benzene rings is 2. The number of carbonyl (C=O) groups excluding carboxylic acids is 3. The zero-order valence-electron chi connectivity index (χ0n) is 14.3. The minimum atomic E-state index is -1.13. The van der Waals surface area contributed by atoms with Crippen LogP contribution in [-0.4, -0.2) is 17.7 Å². The lowest BCUT2D eigenvalue weighted by Crippen LogP contribution is -2.39. The summed E-state index contributed by atoms with van der Waals surface area (Å²) in [5, 5.41) is 0. The highest BCUT2D eigenvalue weighted by atomic mass is 16.6. The van der Waals surface area contributed by atoms with Gasteiger partial charge < -0.3 is 9.47 Å². The van der Waals surface area contributed by atoms with Gasteiger partial charge in [-0.05, 0) is 43.0 Å². The van der Waals surface area contributed by atoms with Crippen LogP contribution < -0.4 is 9.47 Å². The zero-order valence-corrected chi connectivity index (χ0v) is 14.3. The van der Waals surface area contributed by atoms with Crippen LogP contribution in [0.15, 0.2) is 60.7 Å². The van der Waals surface area contributed by atoms with E-state index < -0.39 is 23.8 Å². The van der Waals surface area contributed by atoms with Gasteiger partial charge in [0.15, 0.2) is 5.92 Å². The number of Topliss-reactive ketones (excluding diaryl/α,β-unsaturated/α-hetero) is 1. The highest BCUT2D eigenvalue weighted by Gasteiger charge is 2.40. The highest BCUT2D eigenvalue weighted by Crippen LogP contribution is 2.31. The predicted octanol–water partition coefficient (Wildman–Crippen LogP) is 3.57. The fraction of sp³-hybridized carbons (Fsp3) is 0.286. The third-order valence-electron chi connectivity index (χ3n) is 4.42. The molecule has 0 heterocycles. The van der Waals surface area contributed by atoms with Gasteiger partial charge in [0.25, 0.3) is 0 Å². The number of rotatable bonds is 5. The molecule has 2 aromatic carbocycles. The van der Waals surface area contributed by atoms with Gasteiger partial charge in [0.1, 0.15) is 17.3 Å². The molecular weight excluding hydrogens is 332 g/mol. The van der Waals surface area contributed by atoms with Crippen LogP contribution in [0.3, 0.4) is 0 Å². The second kappa shape index (κ2) is 8.43. The largest absolute Gasteiger partial charge is 0.426 e. The number of esters is 2. The number of ketones is 1. The standard InChI is InChI=1S/C21H20O5/c22-16-9-7-8-15(14-16)19(20(23)25-17-10-3-1-4-11-17)21(24)26-18-12-5-2-6-13-18/h1-6,10-13,15,19H,7-9,14H2/t15-/m0/s1. The molecule has 0 aromatic heterocycles. The molecule has 0 amide bonds. The lowest BCUT2D eigenvalue weighted by molar-refractivity contribution is -0.154. The number of hydrogen-bond donors (Lipinski definition) is 0. The second-order valence-corrected chi connectivity index (χ2v) is 6.34. The number of para-hydroxylation sites is 2. The molecular formula is C21H20O5. The molecule has 1 saturated carbocycles. The predicted molar refractivity (Wildman–Crippen MR) is 94.6 cm³/mol. The van der Waals surface area contributed by atoms with E-state index in [1.165, 1.54) is 0 Å². The van der Waals surface area contributed by atoms with Crippen LogP contribution >= 0.6 is 0 Å². The monoisotopic (exact) mass is 352 g/mol. The van der Waals surface area contributed by atoms with Crippen LogP contribution in [0.5, 0.6) is 11.5 Å². The molecule has 0 aliphatic heterocycles. The van der Waals surface area contributed by atoms with E-state index in [9.17, 15) is 14.4 Å². The van der Waals surface area contributed by atoms with Crippen molar-refractivity contribution in [2.75, 3.05) is 0 Å². The van der Waals surface area contributed by atoms with E-state index in [2.05, 4.69) is 0 Å². The molecule has 26 heavy (non-hydrogen) atoms. The quantitative estimate of drug-likeness (QED) is 0.467. The van der Waals surface area contributed by atoms with Crippen LogP contribution in [0.2, 0.25) is 0 Å². The summed E-state index contributed by atoms with van der Waals surface area (Å²) in [6, 6.07) is 17.1. The summed E-state index contributed by atoms with van der Waals surface area (Å²) in [7, 11) is 0. The highest BCUT2D eigenvalue weighted by molar-refractivity contribution is 5.97. The Hall–Kier alpha value is -2.95. The first-order chi connectivity index (χ1) is 12.6. The van der Waals surface area contributed by atoms with E-state index in [4.69, 9.17) is 9.47 Å². The van der Waals surface area contributed by atoms with Crippen molar-refractivity contribution in [2.24, 2.45) is 11.8 Å². The molecule has 5 heteroatoms. The van der Waals surface area contributed by atoms with Gasteiger partial charge in [-0.25, -0.2) is 0 Å². The molecule has 1 atom stereocenters. The van der Waals surface area contributed by atoms with Gasteiger partial charge in [0.2, 0.25) is 0 Å². The molecule has 3 rings (SSSR count). The van der Waals surface area contributed by atoms with Crippen LogP contribution in [0, 0.1) is 11.8 Å². The van der Waals surface area contributed by atoms with Crippen LogP contribution in [-0.2, 0) is 14.4 Å². The smallest absolute Gasteiger partial charge is 0.326 e. The zero-order chi connectivity index (χ0) is 18.4. The van der Waals surface area contributed by atoms with Crippen molar-refractivity contribution < 1.29 is 23.9 Å². The fourth-order valence-electron chi connectivity index (χ4n) is 3.16. The third-order valence-corrected chi connectivity index (χ3v) is 4.42. The Kier molecular flexibility index (Phi) is 5.79. The molecule has 0 unspecified atom stereocenters. The van der Waals surface area contributed by atoms with Crippen molar-refractivity contribution >= 4 is 17.7 Å². The van der Waals surface area contributed by atoms with Gasteiger partial charge in [-0.2, -0.15) is 0 Å². The molecule has 0 radical (unpaired) electrons. The lowest BCUT2D eigenvalue weighted by Gasteiger charge is -2.26. The third kappa shape index (κ3) is 4.57. The molecule has 0 saturated heterocycles. The lowest BCUT2D eigenvalue weighted by atomic mass is 9.79. The van der Waals surface area contributed by atoms with Crippen molar-refractivity contribution in [3.8, 4) is 11.5 Å². The summed E-state index contributed by atoms with van der Waals surface area (Å²) in [6.45, 7) is 0. The van der Waals surface area contributed by atoms with Gasteiger partial charge in [-0.1, -0.05) is 36.4 Å². The van der Waals surface area contributed by atoms with Crippen LogP contribution in [0.25, 0.3) is 0 Å². The van der Waals surface area contributed by atoms with Crippen LogP contribution in [0.1, 0.15) is 25.7 Å². The van der Waals surface area contributed by atoms with Crippen molar-refractivity contribution in [3.05, 3.63) is 60.7 Å². The van der Waals surface area contributed by atoms with E-state index in [1.807, 2.05) is 0 Å². The van der Waals surface area contributed by atoms with E-state index in [0.29, 0.717) is 30.8 Å². The van der Waals surface area contributed by atoms with Crippen molar-refractivity contribution in [3.63, 3.8) is 0 Å². The topological polar surface area (TPSA) is 69.7 Å². The van der Waals surface area contributed by atoms with Crippen molar-refractivity contribution in [2.45, 2.75) is 25.7 Å². The maximum atomic E-state index is 12.7. The summed E-state index contributed by atoms with van der Waals surface area (Å²) in [5.41, 5.74) is 0. The van der Waals surface area contributed by atoms with E-state index in [1.54, 1.807) is 60.7 Å². The Labute approximate surface area is 151 Å². The van der Waals surface area contributed by atoms with Crippen molar-refractivity contribution in [1.29, 1.82) is 0 Å². The number of ether oxygens (including phenoxy) is 2. The first-order valence-electron chi connectivity index (χ1n) is 8.68. The molecule has 2 aromatic rings. The number of carbonyl (C=O) groups is 3. The summed E-state index contributed by atoms with van der Waals surface area (Å²) in [6.07, 6.45) is 1.96. The Bertz CT molecular complexity index is 716.